The molecule has 0 radical (unpaired) electrons. The van der Waals surface area contributed by atoms with Crippen molar-refractivity contribution in [3.8, 4) is 0 Å². The quantitative estimate of drug-likeness (QED) is 0.246. The SMILES string of the molecule is C=CC(=O)OCCCCOC(=O)[C@H]1CC[C@H](C(=O)O[C@H]2CC[C@H](C(=O)O)CC2)CC1. The fourth-order valence-corrected chi connectivity index (χ4v) is 3.98. The van der Waals surface area contributed by atoms with E-state index in [-0.39, 0.29) is 49.0 Å². The first-order chi connectivity index (χ1) is 14.4. The molecule has 8 nitrogen and oxygen atoms in total. The van der Waals surface area contributed by atoms with Crippen LogP contribution in [0.25, 0.3) is 0 Å². The Hall–Kier alpha value is -2.38. The van der Waals surface area contributed by atoms with E-state index in [2.05, 4.69) is 6.58 Å². The van der Waals surface area contributed by atoms with Gasteiger partial charge in [0.05, 0.1) is 31.0 Å². The van der Waals surface area contributed by atoms with E-state index < -0.39 is 11.9 Å². The average molecular weight is 424 g/mol. The Balaban J connectivity index is 1.58. The predicted molar refractivity (Wildman–Crippen MR) is 106 cm³/mol. The van der Waals surface area contributed by atoms with Gasteiger partial charge in [-0.1, -0.05) is 6.58 Å². The number of hydrogen-bond donors (Lipinski definition) is 1. The van der Waals surface area contributed by atoms with Crippen LogP contribution in [0.2, 0.25) is 0 Å². The second kappa shape index (κ2) is 12.3. The first-order valence-corrected chi connectivity index (χ1v) is 10.8. The summed E-state index contributed by atoms with van der Waals surface area (Å²) in [6.07, 6.45) is 6.81. The summed E-state index contributed by atoms with van der Waals surface area (Å²) < 4.78 is 15.7. The lowest BCUT2D eigenvalue weighted by Crippen LogP contribution is -2.32. The standard InChI is InChI=1S/C22H32O8/c1-2-19(23)28-13-3-4-14-29-21(26)16-5-7-17(8-6-16)22(27)30-18-11-9-15(10-12-18)20(24)25/h2,15-18H,1,3-14H2,(H,24,25)/t15-,16-,17-,18-. The smallest absolute Gasteiger partial charge is 0.330 e. The molecule has 0 unspecified atom stereocenters. The molecule has 168 valence electrons. The minimum absolute atomic E-state index is 0.193. The van der Waals surface area contributed by atoms with Gasteiger partial charge in [-0.2, -0.15) is 0 Å². The second-order valence-corrected chi connectivity index (χ2v) is 8.04. The van der Waals surface area contributed by atoms with Gasteiger partial charge in [-0.05, 0) is 64.2 Å². The Labute approximate surface area is 176 Å². The van der Waals surface area contributed by atoms with Crippen molar-refractivity contribution in [1.29, 1.82) is 0 Å². The van der Waals surface area contributed by atoms with E-state index >= 15 is 0 Å². The molecule has 0 amide bonds. The lowest BCUT2D eigenvalue weighted by Gasteiger charge is -2.30. The van der Waals surface area contributed by atoms with Crippen molar-refractivity contribution < 1.29 is 38.5 Å². The Morgan fingerprint density at radius 2 is 1.27 bits per heavy atom. The van der Waals surface area contributed by atoms with Crippen LogP contribution in [0.1, 0.15) is 64.2 Å². The number of esters is 3. The Morgan fingerprint density at radius 3 is 1.80 bits per heavy atom. The Morgan fingerprint density at radius 1 is 0.767 bits per heavy atom. The predicted octanol–water partition coefficient (Wildman–Crippen LogP) is 3.03. The molecule has 30 heavy (non-hydrogen) atoms. The van der Waals surface area contributed by atoms with Crippen LogP contribution in [-0.2, 0) is 33.4 Å². The van der Waals surface area contributed by atoms with Gasteiger partial charge < -0.3 is 19.3 Å². The van der Waals surface area contributed by atoms with Crippen LogP contribution in [0, 0.1) is 17.8 Å². The minimum atomic E-state index is -0.777. The molecule has 0 bridgehead atoms. The van der Waals surface area contributed by atoms with Gasteiger partial charge in [0.1, 0.15) is 6.10 Å². The lowest BCUT2D eigenvalue weighted by atomic mass is 9.82. The van der Waals surface area contributed by atoms with E-state index in [0.717, 1.165) is 6.08 Å². The zero-order valence-corrected chi connectivity index (χ0v) is 17.4. The highest BCUT2D eigenvalue weighted by Gasteiger charge is 2.34. The Bertz CT molecular complexity index is 613. The maximum Gasteiger partial charge on any atom is 0.330 e. The van der Waals surface area contributed by atoms with Crippen molar-refractivity contribution in [2.75, 3.05) is 13.2 Å². The van der Waals surface area contributed by atoms with Crippen molar-refractivity contribution in [2.24, 2.45) is 17.8 Å². The summed E-state index contributed by atoms with van der Waals surface area (Å²) >= 11 is 0. The van der Waals surface area contributed by atoms with E-state index in [0.29, 0.717) is 64.2 Å². The maximum atomic E-state index is 12.4. The maximum absolute atomic E-state index is 12.4. The summed E-state index contributed by atoms with van der Waals surface area (Å²) in [6, 6.07) is 0. The molecular weight excluding hydrogens is 392 g/mol. The van der Waals surface area contributed by atoms with Crippen LogP contribution >= 0.6 is 0 Å². The Kier molecular flexibility index (Phi) is 9.83. The van der Waals surface area contributed by atoms with Crippen LogP contribution in [0.4, 0.5) is 0 Å². The van der Waals surface area contributed by atoms with Gasteiger partial charge in [0.15, 0.2) is 0 Å². The van der Waals surface area contributed by atoms with Gasteiger partial charge >= 0.3 is 23.9 Å². The van der Waals surface area contributed by atoms with Crippen LogP contribution in [0.15, 0.2) is 12.7 Å². The molecule has 2 fully saturated rings. The van der Waals surface area contributed by atoms with Gasteiger partial charge in [0.25, 0.3) is 0 Å². The van der Waals surface area contributed by atoms with E-state index in [4.69, 9.17) is 19.3 Å². The number of carbonyl (C=O) groups excluding carboxylic acids is 3. The third kappa shape index (κ3) is 7.80. The summed E-state index contributed by atoms with van der Waals surface area (Å²) in [7, 11) is 0. The second-order valence-electron chi connectivity index (χ2n) is 8.04. The summed E-state index contributed by atoms with van der Waals surface area (Å²) in [5.41, 5.74) is 0. The molecule has 0 spiro atoms. The molecule has 2 aliphatic carbocycles. The number of carboxylic acids is 1. The number of carbonyl (C=O) groups is 4. The van der Waals surface area contributed by atoms with Gasteiger partial charge in [-0.3, -0.25) is 14.4 Å². The van der Waals surface area contributed by atoms with E-state index in [9.17, 15) is 19.2 Å². The van der Waals surface area contributed by atoms with Crippen molar-refractivity contribution >= 4 is 23.9 Å². The highest BCUT2D eigenvalue weighted by Crippen LogP contribution is 2.32. The fourth-order valence-electron chi connectivity index (χ4n) is 3.98. The third-order valence-electron chi connectivity index (χ3n) is 5.89. The first-order valence-electron chi connectivity index (χ1n) is 10.8. The molecule has 0 saturated heterocycles. The van der Waals surface area contributed by atoms with Gasteiger partial charge in [-0.15, -0.1) is 0 Å². The van der Waals surface area contributed by atoms with Crippen molar-refractivity contribution in [1.82, 2.24) is 0 Å². The van der Waals surface area contributed by atoms with E-state index in [1.165, 1.54) is 0 Å². The number of hydrogen-bond acceptors (Lipinski definition) is 7. The summed E-state index contributed by atoms with van der Waals surface area (Å²) in [5.74, 6) is -2.43. The zero-order chi connectivity index (χ0) is 21.9. The lowest BCUT2D eigenvalue weighted by molar-refractivity contribution is -0.161. The van der Waals surface area contributed by atoms with Gasteiger partial charge in [0, 0.05) is 6.08 Å². The largest absolute Gasteiger partial charge is 0.481 e. The molecule has 2 aliphatic rings. The van der Waals surface area contributed by atoms with E-state index in [1.807, 2.05) is 0 Å². The topological polar surface area (TPSA) is 116 Å². The summed E-state index contributed by atoms with van der Waals surface area (Å²) in [4.78, 5) is 46.5. The van der Waals surface area contributed by atoms with Crippen LogP contribution in [0.5, 0.6) is 0 Å². The number of carboxylic acid groups (broad SMARTS) is 1. The molecule has 0 atom stereocenters. The van der Waals surface area contributed by atoms with Crippen molar-refractivity contribution in [2.45, 2.75) is 70.3 Å². The van der Waals surface area contributed by atoms with Crippen LogP contribution in [0.3, 0.4) is 0 Å². The molecule has 2 rings (SSSR count). The molecular formula is C22H32O8. The van der Waals surface area contributed by atoms with Crippen LogP contribution < -0.4 is 0 Å². The highest BCUT2D eigenvalue weighted by molar-refractivity contribution is 5.81. The van der Waals surface area contributed by atoms with Crippen molar-refractivity contribution in [3.63, 3.8) is 0 Å². The number of aliphatic carboxylic acids is 1. The molecule has 0 aromatic carbocycles. The number of unbranched alkanes of at least 4 members (excludes halogenated alkanes) is 1. The fraction of sp³-hybridized carbons (Fsp3) is 0.727. The minimum Gasteiger partial charge on any atom is -0.481 e. The summed E-state index contributed by atoms with van der Waals surface area (Å²) in [5, 5.41) is 9.03. The molecule has 0 aromatic rings. The number of rotatable bonds is 10. The van der Waals surface area contributed by atoms with Gasteiger partial charge in [0.2, 0.25) is 0 Å². The average Bonchev–Trinajstić information content (AvgIpc) is 2.76. The first kappa shape index (κ1) is 23.9. The molecule has 8 heteroatoms. The molecule has 0 heterocycles. The number of ether oxygens (including phenoxy) is 3. The monoisotopic (exact) mass is 424 g/mol. The molecule has 2 saturated carbocycles. The zero-order valence-electron chi connectivity index (χ0n) is 17.4. The van der Waals surface area contributed by atoms with Crippen molar-refractivity contribution in [3.05, 3.63) is 12.7 Å². The highest BCUT2D eigenvalue weighted by atomic mass is 16.5. The van der Waals surface area contributed by atoms with Crippen LogP contribution in [-0.4, -0.2) is 48.3 Å². The van der Waals surface area contributed by atoms with E-state index in [1.54, 1.807) is 0 Å². The van der Waals surface area contributed by atoms with Gasteiger partial charge in [-0.25, -0.2) is 4.79 Å². The normalized spacial score (nSPS) is 26.3. The molecule has 0 aromatic heterocycles. The third-order valence-corrected chi connectivity index (χ3v) is 5.89. The molecule has 0 aliphatic heterocycles. The summed E-state index contributed by atoms with van der Waals surface area (Å²) in [6.45, 7) is 3.87. The molecule has 1 N–H and O–H groups in total.